The molecule has 0 saturated carbocycles. The van der Waals surface area contributed by atoms with E-state index in [1.165, 1.54) is 0 Å². The van der Waals surface area contributed by atoms with Gasteiger partial charge >= 0.3 is 0 Å². The fourth-order valence-corrected chi connectivity index (χ4v) is 2.28. The molecule has 0 bridgehead atoms. The molecule has 4 nitrogen and oxygen atoms in total. The Balaban J connectivity index is 2.95. The lowest BCUT2D eigenvalue weighted by Gasteiger charge is -2.25. The van der Waals surface area contributed by atoms with Crippen LogP contribution >= 0.6 is 23.8 Å². The average molecular weight is 289 g/mol. The summed E-state index contributed by atoms with van der Waals surface area (Å²) >= 11 is 11.1. The van der Waals surface area contributed by atoms with Gasteiger partial charge in [-0.05, 0) is 12.1 Å². The SMILES string of the molecule is COCC(O)CN(C)c1cccc(Cl)c1C(N)=S. The van der Waals surface area contributed by atoms with Gasteiger partial charge in [-0.1, -0.05) is 29.9 Å². The summed E-state index contributed by atoms with van der Waals surface area (Å²) in [4.78, 5) is 2.09. The monoisotopic (exact) mass is 288 g/mol. The van der Waals surface area contributed by atoms with Gasteiger partial charge < -0.3 is 20.5 Å². The van der Waals surface area contributed by atoms with Crippen LogP contribution in [0.25, 0.3) is 0 Å². The van der Waals surface area contributed by atoms with Gasteiger partial charge in [0.1, 0.15) is 4.99 Å². The lowest BCUT2D eigenvalue weighted by Crippen LogP contribution is -2.33. The van der Waals surface area contributed by atoms with Crippen LogP contribution in [0.2, 0.25) is 5.02 Å². The van der Waals surface area contributed by atoms with Crippen LogP contribution in [0.15, 0.2) is 18.2 Å². The zero-order chi connectivity index (χ0) is 13.7. The van der Waals surface area contributed by atoms with Gasteiger partial charge in [0.25, 0.3) is 0 Å². The number of methoxy groups -OCH3 is 1. The van der Waals surface area contributed by atoms with Crippen molar-refractivity contribution in [2.24, 2.45) is 5.73 Å². The zero-order valence-electron chi connectivity index (χ0n) is 10.4. The van der Waals surface area contributed by atoms with E-state index in [9.17, 15) is 5.11 Å². The minimum absolute atomic E-state index is 0.240. The number of ether oxygens (including phenoxy) is 1. The molecule has 0 spiro atoms. The summed E-state index contributed by atoms with van der Waals surface area (Å²) in [6, 6.07) is 5.41. The maximum absolute atomic E-state index is 9.72. The molecule has 0 heterocycles. The van der Waals surface area contributed by atoms with Crippen LogP contribution in [0.1, 0.15) is 5.56 Å². The van der Waals surface area contributed by atoms with Crippen molar-refractivity contribution in [3.63, 3.8) is 0 Å². The van der Waals surface area contributed by atoms with E-state index < -0.39 is 6.10 Å². The normalized spacial score (nSPS) is 12.2. The lowest BCUT2D eigenvalue weighted by molar-refractivity contribution is 0.0695. The van der Waals surface area contributed by atoms with E-state index in [-0.39, 0.29) is 11.6 Å². The third-order valence-corrected chi connectivity index (χ3v) is 3.01. The van der Waals surface area contributed by atoms with E-state index in [0.29, 0.717) is 17.1 Å². The molecule has 6 heteroatoms. The Morgan fingerprint density at radius 3 is 2.83 bits per heavy atom. The largest absolute Gasteiger partial charge is 0.389 e. The first kappa shape index (κ1) is 15.2. The Bertz CT molecular complexity index is 429. The first-order chi connectivity index (χ1) is 8.47. The maximum atomic E-state index is 9.72. The molecule has 1 atom stereocenters. The van der Waals surface area contributed by atoms with E-state index in [2.05, 4.69) is 0 Å². The second-order valence-electron chi connectivity index (χ2n) is 3.99. The van der Waals surface area contributed by atoms with Crippen molar-refractivity contribution in [2.75, 3.05) is 32.2 Å². The highest BCUT2D eigenvalue weighted by atomic mass is 35.5. The Morgan fingerprint density at radius 2 is 2.28 bits per heavy atom. The first-order valence-corrected chi connectivity index (χ1v) is 6.22. The number of nitrogens with two attached hydrogens (primary N) is 1. The molecule has 0 aliphatic carbocycles. The van der Waals surface area contributed by atoms with E-state index in [1.807, 2.05) is 24.1 Å². The number of hydrogen-bond donors (Lipinski definition) is 2. The molecule has 100 valence electrons. The fourth-order valence-electron chi connectivity index (χ4n) is 1.73. The van der Waals surface area contributed by atoms with Crippen molar-refractivity contribution in [1.82, 2.24) is 0 Å². The molecule has 0 amide bonds. The first-order valence-electron chi connectivity index (χ1n) is 5.43. The van der Waals surface area contributed by atoms with E-state index in [0.717, 1.165) is 5.69 Å². The summed E-state index contributed by atoms with van der Waals surface area (Å²) in [5.41, 5.74) is 7.10. The molecule has 18 heavy (non-hydrogen) atoms. The van der Waals surface area contributed by atoms with Crippen LogP contribution < -0.4 is 10.6 Å². The van der Waals surface area contributed by atoms with Crippen LogP contribution in [0.3, 0.4) is 0 Å². The van der Waals surface area contributed by atoms with E-state index in [1.54, 1.807) is 13.2 Å². The zero-order valence-corrected chi connectivity index (χ0v) is 12.0. The van der Waals surface area contributed by atoms with Gasteiger partial charge in [-0.25, -0.2) is 0 Å². The van der Waals surface area contributed by atoms with Gasteiger partial charge in [-0.2, -0.15) is 0 Å². The molecular weight excluding hydrogens is 272 g/mol. The van der Waals surface area contributed by atoms with E-state index in [4.69, 9.17) is 34.3 Å². The molecule has 0 fully saturated rings. The van der Waals surface area contributed by atoms with Crippen molar-refractivity contribution in [1.29, 1.82) is 0 Å². The molecule has 1 unspecified atom stereocenters. The number of hydrogen-bond acceptors (Lipinski definition) is 4. The highest BCUT2D eigenvalue weighted by molar-refractivity contribution is 7.80. The molecule has 0 radical (unpaired) electrons. The fraction of sp³-hybridized carbons (Fsp3) is 0.417. The molecule has 0 saturated heterocycles. The van der Waals surface area contributed by atoms with Gasteiger partial charge in [0.2, 0.25) is 0 Å². The smallest absolute Gasteiger partial charge is 0.107 e. The average Bonchev–Trinajstić information content (AvgIpc) is 2.28. The molecule has 0 aliphatic heterocycles. The number of aliphatic hydroxyl groups excluding tert-OH is 1. The predicted octanol–water partition coefficient (Wildman–Crippen LogP) is 1.42. The van der Waals surface area contributed by atoms with Crippen LogP contribution in [0.5, 0.6) is 0 Å². The van der Waals surface area contributed by atoms with Crippen molar-refractivity contribution in [2.45, 2.75) is 6.10 Å². The van der Waals surface area contributed by atoms with Crippen LogP contribution in [-0.2, 0) is 4.74 Å². The quantitative estimate of drug-likeness (QED) is 0.775. The van der Waals surface area contributed by atoms with Crippen LogP contribution in [0.4, 0.5) is 5.69 Å². The number of likely N-dealkylation sites (N-methyl/N-ethyl adjacent to an activating group) is 1. The molecule has 0 aromatic heterocycles. The molecule has 0 aliphatic rings. The molecule has 1 aromatic rings. The summed E-state index contributed by atoms with van der Waals surface area (Å²) in [6.45, 7) is 0.678. The maximum Gasteiger partial charge on any atom is 0.107 e. The van der Waals surface area contributed by atoms with Gasteiger partial charge in [0, 0.05) is 26.4 Å². The Hall–Kier alpha value is -0.880. The third kappa shape index (κ3) is 3.81. The topological polar surface area (TPSA) is 58.7 Å². The van der Waals surface area contributed by atoms with Gasteiger partial charge in [0.15, 0.2) is 0 Å². The lowest BCUT2D eigenvalue weighted by atomic mass is 10.1. The van der Waals surface area contributed by atoms with Crippen molar-refractivity contribution < 1.29 is 9.84 Å². The summed E-state index contributed by atoms with van der Waals surface area (Å²) < 4.78 is 4.89. The van der Waals surface area contributed by atoms with Gasteiger partial charge in [-0.3, -0.25) is 0 Å². The van der Waals surface area contributed by atoms with Crippen molar-refractivity contribution in [3.8, 4) is 0 Å². The Morgan fingerprint density at radius 1 is 1.61 bits per heavy atom. The molecule has 1 aromatic carbocycles. The number of halogens is 1. The summed E-state index contributed by atoms with van der Waals surface area (Å²) in [5.74, 6) is 0. The minimum atomic E-state index is -0.585. The summed E-state index contributed by atoms with van der Waals surface area (Å²) in [7, 11) is 3.38. The van der Waals surface area contributed by atoms with Crippen LogP contribution in [-0.4, -0.2) is 43.5 Å². The Labute approximate surface area is 117 Å². The number of thiocarbonyl (C=S) groups is 1. The number of aliphatic hydroxyl groups is 1. The van der Waals surface area contributed by atoms with E-state index >= 15 is 0 Å². The number of nitrogens with zero attached hydrogens (tertiary/aromatic N) is 1. The summed E-state index contributed by atoms with van der Waals surface area (Å²) in [6.07, 6.45) is -0.585. The second kappa shape index (κ2) is 6.89. The summed E-state index contributed by atoms with van der Waals surface area (Å²) in [5, 5.41) is 10.2. The molecule has 1 rings (SSSR count). The molecule has 3 N–H and O–H groups in total. The Kier molecular flexibility index (Phi) is 5.81. The third-order valence-electron chi connectivity index (χ3n) is 2.49. The van der Waals surface area contributed by atoms with Crippen molar-refractivity contribution in [3.05, 3.63) is 28.8 Å². The van der Waals surface area contributed by atoms with Gasteiger partial charge in [0.05, 0.1) is 23.3 Å². The predicted molar refractivity (Wildman–Crippen MR) is 78.5 cm³/mol. The van der Waals surface area contributed by atoms with Crippen LogP contribution in [0, 0.1) is 0 Å². The van der Waals surface area contributed by atoms with Gasteiger partial charge in [-0.15, -0.1) is 0 Å². The number of benzene rings is 1. The minimum Gasteiger partial charge on any atom is -0.389 e. The highest BCUT2D eigenvalue weighted by Gasteiger charge is 2.15. The van der Waals surface area contributed by atoms with Crippen molar-refractivity contribution >= 4 is 34.5 Å². The molecular formula is C12H17ClN2O2S. The second-order valence-corrected chi connectivity index (χ2v) is 4.83. The number of rotatable bonds is 6. The standard InChI is InChI=1S/C12H17ClN2O2S/c1-15(6-8(16)7-17-2)10-5-3-4-9(13)11(10)12(14)18/h3-5,8,16H,6-7H2,1-2H3,(H2,14,18). The highest BCUT2D eigenvalue weighted by Crippen LogP contribution is 2.26. The number of anilines is 1.